The molecule has 0 aliphatic carbocycles. The van der Waals surface area contributed by atoms with Gasteiger partial charge in [0.25, 0.3) is 0 Å². The van der Waals surface area contributed by atoms with Crippen molar-refractivity contribution in [3.8, 4) is 0 Å². The monoisotopic (exact) mass is 275 g/mol. The van der Waals surface area contributed by atoms with E-state index in [1.54, 1.807) is 18.3 Å². The lowest BCUT2D eigenvalue weighted by molar-refractivity contribution is 0.542. The standard InChI is InChI=1S/C12H12N4O2S/c17-19(18)16-9-3-4-10-8(6-9)7-14-11-2-1-5-13-12(11)15-10/h1-6,14,16H,7H2,(H,13,15)(H,17,18)/p-1. The number of fused-ring (bicyclic) bond motifs is 2. The molecule has 6 nitrogen and oxygen atoms in total. The number of anilines is 4. The largest absolute Gasteiger partial charge is 0.755 e. The van der Waals surface area contributed by atoms with Gasteiger partial charge in [-0.25, -0.2) is 4.98 Å². The maximum absolute atomic E-state index is 10.6. The fourth-order valence-electron chi connectivity index (χ4n) is 1.99. The van der Waals surface area contributed by atoms with E-state index in [4.69, 9.17) is 0 Å². The minimum atomic E-state index is -2.31. The van der Waals surface area contributed by atoms with E-state index in [-0.39, 0.29) is 0 Å². The second-order valence-corrected chi connectivity index (χ2v) is 4.76. The minimum absolute atomic E-state index is 0.537. The molecular weight excluding hydrogens is 264 g/mol. The van der Waals surface area contributed by atoms with E-state index < -0.39 is 11.3 Å². The highest BCUT2D eigenvalue weighted by molar-refractivity contribution is 7.80. The molecule has 2 heterocycles. The van der Waals surface area contributed by atoms with Gasteiger partial charge in [-0.1, -0.05) is 0 Å². The SMILES string of the molecule is O=S([O-])Nc1ccc2c(c1)CNc1cccnc1N2. The van der Waals surface area contributed by atoms with Gasteiger partial charge in [0.05, 0.1) is 5.69 Å². The van der Waals surface area contributed by atoms with Crippen molar-refractivity contribution in [1.29, 1.82) is 0 Å². The van der Waals surface area contributed by atoms with Gasteiger partial charge in [-0.05, 0) is 35.9 Å². The van der Waals surface area contributed by atoms with E-state index in [0.29, 0.717) is 12.2 Å². The molecule has 3 N–H and O–H groups in total. The summed E-state index contributed by atoms with van der Waals surface area (Å²) in [5.74, 6) is 0.759. The smallest absolute Gasteiger partial charge is 0.153 e. The molecule has 1 aliphatic heterocycles. The number of hydrogen-bond donors (Lipinski definition) is 3. The number of hydrogen-bond acceptors (Lipinski definition) is 5. The number of rotatable bonds is 2. The molecule has 3 rings (SSSR count). The van der Waals surface area contributed by atoms with Gasteiger partial charge >= 0.3 is 0 Å². The zero-order valence-corrected chi connectivity index (χ0v) is 10.7. The Kier molecular flexibility index (Phi) is 3.06. The third kappa shape index (κ3) is 2.51. The maximum Gasteiger partial charge on any atom is 0.153 e. The van der Waals surface area contributed by atoms with Crippen LogP contribution in [0.2, 0.25) is 0 Å². The average Bonchev–Trinajstić information content (AvgIpc) is 2.57. The van der Waals surface area contributed by atoms with E-state index in [9.17, 15) is 8.76 Å². The predicted molar refractivity (Wildman–Crippen MR) is 73.8 cm³/mol. The van der Waals surface area contributed by atoms with Crippen molar-refractivity contribution >= 4 is 34.1 Å². The molecular formula is C12H11N4O2S-. The molecule has 0 saturated carbocycles. The van der Waals surface area contributed by atoms with Crippen LogP contribution in [0.4, 0.5) is 22.9 Å². The fraction of sp³-hybridized carbons (Fsp3) is 0.0833. The van der Waals surface area contributed by atoms with Crippen LogP contribution in [0.1, 0.15) is 5.56 Å². The first-order chi connectivity index (χ1) is 9.22. The van der Waals surface area contributed by atoms with E-state index in [1.807, 2.05) is 18.2 Å². The van der Waals surface area contributed by atoms with Crippen molar-refractivity contribution in [2.24, 2.45) is 0 Å². The summed E-state index contributed by atoms with van der Waals surface area (Å²) in [5.41, 5.74) is 3.33. The normalized spacial score (nSPS) is 14.2. The Bertz CT molecular complexity index is 647. The Morgan fingerprint density at radius 3 is 3.05 bits per heavy atom. The quantitative estimate of drug-likeness (QED) is 0.729. The lowest BCUT2D eigenvalue weighted by atomic mass is 10.1. The van der Waals surface area contributed by atoms with Crippen LogP contribution in [0.3, 0.4) is 0 Å². The van der Waals surface area contributed by atoms with Crippen LogP contribution in [0.15, 0.2) is 36.5 Å². The van der Waals surface area contributed by atoms with Crippen molar-refractivity contribution < 1.29 is 8.76 Å². The topological polar surface area (TPSA) is 89.1 Å². The Morgan fingerprint density at radius 2 is 2.21 bits per heavy atom. The van der Waals surface area contributed by atoms with Crippen LogP contribution in [0.5, 0.6) is 0 Å². The molecule has 19 heavy (non-hydrogen) atoms. The molecule has 0 amide bonds. The number of nitrogens with one attached hydrogen (secondary N) is 3. The van der Waals surface area contributed by atoms with E-state index in [0.717, 1.165) is 22.8 Å². The molecule has 0 bridgehead atoms. The van der Waals surface area contributed by atoms with Crippen molar-refractivity contribution in [2.75, 3.05) is 15.4 Å². The summed E-state index contributed by atoms with van der Waals surface area (Å²) < 4.78 is 23.6. The highest BCUT2D eigenvalue weighted by Gasteiger charge is 2.12. The van der Waals surface area contributed by atoms with Gasteiger partial charge in [-0.2, -0.15) is 0 Å². The summed E-state index contributed by atoms with van der Waals surface area (Å²) in [6.07, 6.45) is 1.72. The van der Waals surface area contributed by atoms with Gasteiger partial charge in [0, 0.05) is 35.4 Å². The number of aromatic nitrogens is 1. The first-order valence-electron chi connectivity index (χ1n) is 5.67. The molecule has 0 spiro atoms. The Labute approximate surface area is 112 Å². The summed E-state index contributed by atoms with van der Waals surface area (Å²) in [4.78, 5) is 4.26. The van der Waals surface area contributed by atoms with Crippen LogP contribution < -0.4 is 15.4 Å². The molecule has 1 aromatic carbocycles. The van der Waals surface area contributed by atoms with Gasteiger partial charge in [0.1, 0.15) is 0 Å². The summed E-state index contributed by atoms with van der Waals surface area (Å²) in [6.45, 7) is 0.599. The molecule has 0 saturated heterocycles. The number of benzene rings is 1. The molecule has 1 aromatic heterocycles. The molecule has 1 unspecified atom stereocenters. The van der Waals surface area contributed by atoms with Crippen molar-refractivity contribution in [2.45, 2.75) is 6.54 Å². The molecule has 98 valence electrons. The van der Waals surface area contributed by atoms with Gasteiger partial charge in [0.15, 0.2) is 5.82 Å². The first-order valence-corrected chi connectivity index (χ1v) is 6.74. The van der Waals surface area contributed by atoms with Crippen LogP contribution in [-0.2, 0) is 17.8 Å². The van der Waals surface area contributed by atoms with E-state index in [1.165, 1.54) is 0 Å². The molecule has 1 aliphatic rings. The minimum Gasteiger partial charge on any atom is -0.755 e. The van der Waals surface area contributed by atoms with Crippen molar-refractivity contribution in [3.63, 3.8) is 0 Å². The van der Waals surface area contributed by atoms with Gasteiger partial charge in [-0.15, -0.1) is 0 Å². The fourth-order valence-corrected chi connectivity index (χ4v) is 2.31. The zero-order valence-electron chi connectivity index (χ0n) is 9.84. The van der Waals surface area contributed by atoms with Crippen molar-refractivity contribution in [1.82, 2.24) is 4.98 Å². The average molecular weight is 275 g/mol. The zero-order chi connectivity index (χ0) is 13.2. The molecule has 0 radical (unpaired) electrons. The summed E-state index contributed by atoms with van der Waals surface area (Å²) in [7, 11) is 0. The predicted octanol–water partition coefficient (Wildman–Crippen LogP) is 1.96. The Morgan fingerprint density at radius 1 is 1.32 bits per heavy atom. The lowest BCUT2D eigenvalue weighted by Gasteiger charge is -2.12. The van der Waals surface area contributed by atoms with Crippen LogP contribution >= 0.6 is 0 Å². The number of pyridine rings is 1. The molecule has 1 atom stereocenters. The molecule has 0 fully saturated rings. The first kappa shape index (κ1) is 11.9. The number of nitrogens with zero attached hydrogens (tertiary/aromatic N) is 1. The second kappa shape index (κ2) is 4.87. The third-order valence-corrected chi connectivity index (χ3v) is 3.24. The van der Waals surface area contributed by atoms with Crippen LogP contribution in [-0.4, -0.2) is 13.7 Å². The molecule has 2 aromatic rings. The molecule has 7 heteroatoms. The van der Waals surface area contributed by atoms with Crippen LogP contribution in [0.25, 0.3) is 0 Å². The lowest BCUT2D eigenvalue weighted by Crippen LogP contribution is -2.04. The third-order valence-electron chi connectivity index (χ3n) is 2.84. The Balaban J connectivity index is 1.95. The van der Waals surface area contributed by atoms with Crippen molar-refractivity contribution in [3.05, 3.63) is 42.1 Å². The second-order valence-electron chi connectivity index (χ2n) is 4.09. The van der Waals surface area contributed by atoms with E-state index >= 15 is 0 Å². The highest BCUT2D eigenvalue weighted by atomic mass is 32.2. The van der Waals surface area contributed by atoms with Crippen LogP contribution in [0, 0.1) is 0 Å². The highest BCUT2D eigenvalue weighted by Crippen LogP contribution is 2.31. The maximum atomic E-state index is 10.6. The summed E-state index contributed by atoms with van der Waals surface area (Å²) in [5, 5.41) is 6.48. The van der Waals surface area contributed by atoms with E-state index in [2.05, 4.69) is 20.3 Å². The summed E-state index contributed by atoms with van der Waals surface area (Å²) in [6, 6.07) is 9.12. The van der Waals surface area contributed by atoms with Gasteiger partial charge in [-0.3, -0.25) is 4.21 Å². The summed E-state index contributed by atoms with van der Waals surface area (Å²) >= 11 is -2.31. The van der Waals surface area contributed by atoms with Gasteiger partial charge in [0.2, 0.25) is 0 Å². The Hall–Kier alpha value is -2.12. The van der Waals surface area contributed by atoms with Gasteiger partial charge < -0.3 is 19.9 Å².